The lowest BCUT2D eigenvalue weighted by Gasteiger charge is -1.89. The second-order valence-corrected chi connectivity index (χ2v) is 2.89. The van der Waals surface area contributed by atoms with Crippen molar-refractivity contribution in [3.8, 4) is 0 Å². The molecule has 0 aliphatic heterocycles. The standard InChI is InChI=1S/C8H11NO/c9-4-7-3-8(7)6-1-2-10-5-6/h1-2,5,7-8H,3-4,9H2/t7-,8-/m0/s1. The average molecular weight is 137 g/mol. The molecule has 2 heteroatoms. The Hall–Kier alpha value is -0.760. The van der Waals surface area contributed by atoms with E-state index in [4.69, 9.17) is 10.2 Å². The molecule has 0 amide bonds. The molecule has 54 valence electrons. The first-order valence-corrected chi connectivity index (χ1v) is 3.64. The van der Waals surface area contributed by atoms with E-state index in [-0.39, 0.29) is 0 Å². The molecule has 1 aromatic rings. The van der Waals surface area contributed by atoms with E-state index in [0.29, 0.717) is 5.92 Å². The van der Waals surface area contributed by atoms with Gasteiger partial charge in [0.15, 0.2) is 0 Å². The Bertz CT molecular complexity index is 205. The molecule has 1 heterocycles. The first-order valence-electron chi connectivity index (χ1n) is 3.64. The van der Waals surface area contributed by atoms with Gasteiger partial charge in [-0.05, 0) is 36.4 Å². The van der Waals surface area contributed by atoms with Crippen molar-refractivity contribution < 1.29 is 4.42 Å². The molecule has 0 spiro atoms. The van der Waals surface area contributed by atoms with Crippen LogP contribution in [0.4, 0.5) is 0 Å². The minimum Gasteiger partial charge on any atom is -0.472 e. The van der Waals surface area contributed by atoms with Gasteiger partial charge in [0, 0.05) is 0 Å². The van der Waals surface area contributed by atoms with Crippen molar-refractivity contribution in [1.29, 1.82) is 0 Å². The van der Waals surface area contributed by atoms with E-state index in [1.54, 1.807) is 6.26 Å². The zero-order valence-electron chi connectivity index (χ0n) is 5.79. The minimum atomic E-state index is 0.698. The summed E-state index contributed by atoms with van der Waals surface area (Å²) in [5.41, 5.74) is 6.81. The Morgan fingerprint density at radius 1 is 1.70 bits per heavy atom. The highest BCUT2D eigenvalue weighted by Gasteiger charge is 2.37. The number of hydrogen-bond donors (Lipinski definition) is 1. The van der Waals surface area contributed by atoms with Crippen molar-refractivity contribution in [2.75, 3.05) is 6.54 Å². The number of hydrogen-bond acceptors (Lipinski definition) is 2. The zero-order chi connectivity index (χ0) is 6.97. The van der Waals surface area contributed by atoms with Crippen LogP contribution < -0.4 is 5.73 Å². The summed E-state index contributed by atoms with van der Waals surface area (Å²) in [6, 6.07) is 2.03. The summed E-state index contributed by atoms with van der Waals surface area (Å²) in [5, 5.41) is 0. The average Bonchev–Trinajstić information content (AvgIpc) is 2.56. The van der Waals surface area contributed by atoms with Crippen LogP contribution in [0.1, 0.15) is 17.9 Å². The predicted molar refractivity (Wildman–Crippen MR) is 38.6 cm³/mol. The van der Waals surface area contributed by atoms with Crippen molar-refractivity contribution in [3.05, 3.63) is 24.2 Å². The normalized spacial score (nSPS) is 30.5. The predicted octanol–water partition coefficient (Wildman–Crippen LogP) is 1.34. The maximum atomic E-state index is 5.50. The van der Waals surface area contributed by atoms with Crippen LogP contribution in [0, 0.1) is 5.92 Å². The van der Waals surface area contributed by atoms with E-state index < -0.39 is 0 Å². The summed E-state index contributed by atoms with van der Waals surface area (Å²) in [4.78, 5) is 0. The lowest BCUT2D eigenvalue weighted by atomic mass is 10.2. The summed E-state index contributed by atoms with van der Waals surface area (Å²) in [5.74, 6) is 1.42. The summed E-state index contributed by atoms with van der Waals surface area (Å²) in [6.07, 6.45) is 4.79. The highest BCUT2D eigenvalue weighted by Crippen LogP contribution is 2.46. The maximum absolute atomic E-state index is 5.50. The molecule has 0 aromatic carbocycles. The molecule has 0 bridgehead atoms. The molecule has 0 radical (unpaired) electrons. The molecule has 2 N–H and O–H groups in total. The SMILES string of the molecule is NC[C@@H]1C[C@H]1c1ccoc1. The Morgan fingerprint density at radius 3 is 3.10 bits per heavy atom. The van der Waals surface area contributed by atoms with E-state index in [9.17, 15) is 0 Å². The van der Waals surface area contributed by atoms with Gasteiger partial charge in [-0.2, -0.15) is 0 Å². The lowest BCUT2D eigenvalue weighted by molar-refractivity contribution is 0.563. The van der Waals surface area contributed by atoms with Crippen LogP contribution in [0.25, 0.3) is 0 Å². The number of furan rings is 1. The van der Waals surface area contributed by atoms with Crippen LogP contribution in [-0.2, 0) is 0 Å². The largest absolute Gasteiger partial charge is 0.472 e. The van der Waals surface area contributed by atoms with Gasteiger partial charge in [0.2, 0.25) is 0 Å². The zero-order valence-corrected chi connectivity index (χ0v) is 5.79. The van der Waals surface area contributed by atoms with E-state index in [1.165, 1.54) is 12.0 Å². The third kappa shape index (κ3) is 0.847. The molecule has 1 aliphatic carbocycles. The minimum absolute atomic E-state index is 0.698. The third-order valence-corrected chi connectivity index (χ3v) is 2.20. The van der Waals surface area contributed by atoms with Gasteiger partial charge in [0.05, 0.1) is 12.5 Å². The highest BCUT2D eigenvalue weighted by atomic mass is 16.3. The van der Waals surface area contributed by atoms with Crippen molar-refractivity contribution in [3.63, 3.8) is 0 Å². The number of nitrogens with two attached hydrogens (primary N) is 1. The fraction of sp³-hybridized carbons (Fsp3) is 0.500. The quantitative estimate of drug-likeness (QED) is 0.668. The molecule has 1 aliphatic rings. The van der Waals surface area contributed by atoms with Crippen molar-refractivity contribution in [1.82, 2.24) is 0 Å². The maximum Gasteiger partial charge on any atom is 0.0937 e. The number of rotatable bonds is 2. The fourth-order valence-electron chi connectivity index (χ4n) is 1.40. The van der Waals surface area contributed by atoms with Gasteiger partial charge in [0.1, 0.15) is 0 Å². The molecule has 2 atom stereocenters. The molecule has 2 nitrogen and oxygen atoms in total. The molecule has 1 saturated carbocycles. The van der Waals surface area contributed by atoms with Crippen LogP contribution >= 0.6 is 0 Å². The van der Waals surface area contributed by atoms with Gasteiger partial charge in [-0.25, -0.2) is 0 Å². The van der Waals surface area contributed by atoms with E-state index in [1.807, 2.05) is 12.3 Å². The smallest absolute Gasteiger partial charge is 0.0937 e. The second-order valence-electron chi connectivity index (χ2n) is 2.89. The molecule has 1 aromatic heterocycles. The first kappa shape index (κ1) is 5.98. The van der Waals surface area contributed by atoms with Gasteiger partial charge < -0.3 is 10.2 Å². The Morgan fingerprint density at radius 2 is 2.60 bits per heavy atom. The van der Waals surface area contributed by atoms with Gasteiger partial charge in [-0.1, -0.05) is 0 Å². The Labute approximate surface area is 60.0 Å². The van der Waals surface area contributed by atoms with Gasteiger partial charge >= 0.3 is 0 Å². The molecule has 1 fully saturated rings. The summed E-state index contributed by atoms with van der Waals surface area (Å²) in [6.45, 7) is 0.815. The molecule has 10 heavy (non-hydrogen) atoms. The van der Waals surface area contributed by atoms with Crippen molar-refractivity contribution >= 4 is 0 Å². The van der Waals surface area contributed by atoms with Crippen LogP contribution in [-0.4, -0.2) is 6.54 Å². The molecular formula is C8H11NO. The molecule has 2 rings (SSSR count). The topological polar surface area (TPSA) is 39.2 Å². The Kier molecular flexibility index (Phi) is 1.27. The van der Waals surface area contributed by atoms with Crippen molar-refractivity contribution in [2.45, 2.75) is 12.3 Å². The van der Waals surface area contributed by atoms with Crippen molar-refractivity contribution in [2.24, 2.45) is 11.7 Å². The summed E-state index contributed by atoms with van der Waals surface area (Å²) in [7, 11) is 0. The van der Waals surface area contributed by atoms with Crippen LogP contribution in [0.2, 0.25) is 0 Å². The summed E-state index contributed by atoms with van der Waals surface area (Å²) >= 11 is 0. The van der Waals surface area contributed by atoms with Crippen LogP contribution in [0.15, 0.2) is 23.0 Å². The van der Waals surface area contributed by atoms with Gasteiger partial charge in [-0.3, -0.25) is 0 Å². The van der Waals surface area contributed by atoms with Gasteiger partial charge in [0.25, 0.3) is 0 Å². The van der Waals surface area contributed by atoms with Crippen LogP contribution in [0.3, 0.4) is 0 Å². The Balaban J connectivity index is 2.05. The molecule has 0 saturated heterocycles. The lowest BCUT2D eigenvalue weighted by Crippen LogP contribution is -2.01. The second kappa shape index (κ2) is 2.13. The monoisotopic (exact) mass is 137 g/mol. The molecule has 0 unspecified atom stereocenters. The van der Waals surface area contributed by atoms with Gasteiger partial charge in [-0.15, -0.1) is 0 Å². The van der Waals surface area contributed by atoms with E-state index in [0.717, 1.165) is 12.5 Å². The van der Waals surface area contributed by atoms with E-state index in [2.05, 4.69) is 0 Å². The molecular weight excluding hydrogens is 126 g/mol. The summed E-state index contributed by atoms with van der Waals surface area (Å²) < 4.78 is 4.97. The fourth-order valence-corrected chi connectivity index (χ4v) is 1.40. The van der Waals surface area contributed by atoms with Crippen LogP contribution in [0.5, 0.6) is 0 Å². The first-order chi connectivity index (χ1) is 4.92. The van der Waals surface area contributed by atoms with E-state index >= 15 is 0 Å². The highest BCUT2D eigenvalue weighted by molar-refractivity contribution is 5.20. The third-order valence-electron chi connectivity index (χ3n) is 2.20.